The molecule has 19 heteroatoms. The van der Waals surface area contributed by atoms with E-state index in [1.165, 1.54) is 212 Å². The fourth-order valence-electron chi connectivity index (χ4n) is 12.0. The summed E-state index contributed by atoms with van der Waals surface area (Å²) in [5.74, 6) is -0.581. The Kier molecular flexibility index (Phi) is 68.4. The van der Waals surface area contributed by atoms with Gasteiger partial charge in [-0.3, -0.25) is 37.3 Å². The van der Waals surface area contributed by atoms with Crippen LogP contribution in [0.3, 0.4) is 0 Å². The molecule has 0 heterocycles. The smallest absolute Gasteiger partial charge is 0.462 e. The molecule has 0 aromatic heterocycles. The highest BCUT2D eigenvalue weighted by molar-refractivity contribution is 7.47. The van der Waals surface area contributed by atoms with E-state index >= 15 is 0 Å². The number of aliphatic hydroxyl groups is 1. The summed E-state index contributed by atoms with van der Waals surface area (Å²) in [6.45, 7) is 9.56. The zero-order chi connectivity index (χ0) is 71.4. The SMILES string of the molecule is CCCCCCCCCCCCCCCCCCCCC(=O)OC[C@H](COP(=O)(O)OC[C@@H](O)COP(=O)(O)OC[C@@H](COC(=O)CCCCCCCCC)OC(=O)CCCCCCCCCCC(C)C)OC(=O)CCCCCCCCCCCCCCCCCCCCC(C)C. The molecule has 0 saturated heterocycles. The summed E-state index contributed by atoms with van der Waals surface area (Å²) in [5, 5.41) is 10.6. The predicted molar refractivity (Wildman–Crippen MR) is 395 cm³/mol. The average Bonchev–Trinajstić information content (AvgIpc) is 1.22. The van der Waals surface area contributed by atoms with Gasteiger partial charge in [-0.1, -0.05) is 356 Å². The lowest BCUT2D eigenvalue weighted by molar-refractivity contribution is -0.161. The number of hydrogen-bond acceptors (Lipinski definition) is 15. The van der Waals surface area contributed by atoms with Gasteiger partial charge in [0.05, 0.1) is 26.4 Å². The minimum absolute atomic E-state index is 0.104. The van der Waals surface area contributed by atoms with Crippen molar-refractivity contribution in [3.63, 3.8) is 0 Å². The number of aliphatic hydroxyl groups excluding tert-OH is 1. The van der Waals surface area contributed by atoms with E-state index in [-0.39, 0.29) is 25.7 Å². The number of ether oxygens (including phenoxy) is 4. The molecule has 5 atom stereocenters. The van der Waals surface area contributed by atoms with Crippen molar-refractivity contribution in [2.24, 2.45) is 11.8 Å². The molecule has 0 aliphatic heterocycles. The summed E-state index contributed by atoms with van der Waals surface area (Å²) in [7, 11) is -9.91. The van der Waals surface area contributed by atoms with Gasteiger partial charge in [0.2, 0.25) is 0 Å². The molecule has 576 valence electrons. The number of esters is 4. The first-order valence-corrected chi connectivity index (χ1v) is 43.5. The Morgan fingerprint density at radius 1 is 0.278 bits per heavy atom. The Labute approximate surface area is 594 Å². The van der Waals surface area contributed by atoms with E-state index in [2.05, 4.69) is 41.5 Å². The molecule has 0 bridgehead atoms. The van der Waals surface area contributed by atoms with E-state index in [9.17, 15) is 43.2 Å². The largest absolute Gasteiger partial charge is 0.472 e. The van der Waals surface area contributed by atoms with Crippen LogP contribution in [0.25, 0.3) is 0 Å². The highest BCUT2D eigenvalue weighted by Crippen LogP contribution is 2.45. The van der Waals surface area contributed by atoms with Crippen molar-refractivity contribution in [2.45, 2.75) is 426 Å². The lowest BCUT2D eigenvalue weighted by Crippen LogP contribution is -2.30. The molecule has 0 saturated carbocycles. The molecule has 0 amide bonds. The van der Waals surface area contributed by atoms with Crippen molar-refractivity contribution in [3.05, 3.63) is 0 Å². The molecular formula is C78H152O17P2. The van der Waals surface area contributed by atoms with Crippen LogP contribution >= 0.6 is 15.6 Å². The van der Waals surface area contributed by atoms with Crippen LogP contribution < -0.4 is 0 Å². The monoisotopic (exact) mass is 1420 g/mol. The van der Waals surface area contributed by atoms with Crippen molar-refractivity contribution in [1.82, 2.24) is 0 Å². The molecule has 3 N–H and O–H groups in total. The van der Waals surface area contributed by atoms with E-state index < -0.39 is 97.5 Å². The molecule has 0 aliphatic rings. The third-order valence-corrected chi connectivity index (χ3v) is 20.1. The highest BCUT2D eigenvalue weighted by atomic mass is 31.2. The van der Waals surface area contributed by atoms with Crippen LogP contribution in [0.1, 0.15) is 408 Å². The number of carbonyl (C=O) groups excluding carboxylic acids is 4. The van der Waals surface area contributed by atoms with E-state index in [1.807, 2.05) is 0 Å². The first-order valence-electron chi connectivity index (χ1n) is 40.5. The number of phosphoric ester groups is 2. The van der Waals surface area contributed by atoms with Gasteiger partial charge in [0.15, 0.2) is 12.2 Å². The average molecular weight is 1420 g/mol. The Hall–Kier alpha value is -1.94. The van der Waals surface area contributed by atoms with Gasteiger partial charge in [-0.15, -0.1) is 0 Å². The minimum atomic E-state index is -4.96. The molecule has 0 aromatic rings. The second kappa shape index (κ2) is 69.8. The van der Waals surface area contributed by atoms with Crippen LogP contribution in [0.15, 0.2) is 0 Å². The van der Waals surface area contributed by atoms with Crippen LogP contribution in [0, 0.1) is 11.8 Å². The van der Waals surface area contributed by atoms with Crippen LogP contribution in [0.2, 0.25) is 0 Å². The van der Waals surface area contributed by atoms with E-state index in [0.717, 1.165) is 115 Å². The van der Waals surface area contributed by atoms with Gasteiger partial charge in [0.25, 0.3) is 0 Å². The Balaban J connectivity index is 5.16. The summed E-state index contributed by atoms with van der Waals surface area (Å²) >= 11 is 0. The third kappa shape index (κ3) is 72.2. The van der Waals surface area contributed by atoms with Gasteiger partial charge < -0.3 is 33.8 Å². The second-order valence-corrected chi connectivity index (χ2v) is 32.0. The number of unbranched alkanes of at least 4 members (excludes halogenated alkanes) is 47. The topological polar surface area (TPSA) is 237 Å². The van der Waals surface area contributed by atoms with Crippen molar-refractivity contribution in [3.8, 4) is 0 Å². The van der Waals surface area contributed by atoms with Crippen molar-refractivity contribution in [1.29, 1.82) is 0 Å². The Morgan fingerprint density at radius 3 is 0.701 bits per heavy atom. The lowest BCUT2D eigenvalue weighted by atomic mass is 10.0. The molecular weight excluding hydrogens is 1270 g/mol. The van der Waals surface area contributed by atoms with Gasteiger partial charge in [-0.05, 0) is 37.5 Å². The zero-order valence-electron chi connectivity index (χ0n) is 63.4. The number of hydrogen-bond donors (Lipinski definition) is 3. The third-order valence-electron chi connectivity index (χ3n) is 18.2. The van der Waals surface area contributed by atoms with Crippen LogP contribution in [0.4, 0.5) is 0 Å². The standard InChI is InChI=1S/C78H152O17P2/c1-7-9-11-13-15-16-17-18-19-20-24-27-30-33-36-43-49-55-61-76(81)89-67-74(94-77(82)62-56-50-44-37-34-31-28-25-22-21-23-26-29-32-35-41-46-52-58-70(3)4)69-93-97(86,87)91-65-72(79)64-90-96(84,85)92-68-73(66-88-75(80)60-54-48-40-14-12-10-8-2)95-78(83)63-57-51-45-39-38-42-47-53-59-71(5)6/h70-74,79H,7-69H2,1-6H3,(H,84,85)(H,86,87)/t72-,73+,74+/m0/s1. The lowest BCUT2D eigenvalue weighted by Gasteiger charge is -2.21. The second-order valence-electron chi connectivity index (χ2n) is 29.1. The zero-order valence-corrected chi connectivity index (χ0v) is 65.2. The summed E-state index contributed by atoms with van der Waals surface area (Å²) < 4.78 is 68.4. The number of carbonyl (C=O) groups is 4. The normalized spacial score (nSPS) is 14.0. The van der Waals surface area contributed by atoms with Crippen LogP contribution in [-0.2, 0) is 65.4 Å². The molecule has 2 unspecified atom stereocenters. The maximum atomic E-state index is 13.1. The first-order chi connectivity index (χ1) is 46.9. The van der Waals surface area contributed by atoms with Gasteiger partial charge in [-0.2, -0.15) is 0 Å². The summed E-state index contributed by atoms with van der Waals surface area (Å²) in [5.41, 5.74) is 0. The van der Waals surface area contributed by atoms with E-state index in [1.54, 1.807) is 0 Å². The summed E-state index contributed by atoms with van der Waals surface area (Å²) in [6, 6.07) is 0. The highest BCUT2D eigenvalue weighted by Gasteiger charge is 2.30. The fourth-order valence-corrected chi connectivity index (χ4v) is 13.6. The number of rotatable bonds is 77. The molecule has 97 heavy (non-hydrogen) atoms. The summed E-state index contributed by atoms with van der Waals surface area (Å²) in [6.07, 6.45) is 58.6. The molecule has 0 aromatic carbocycles. The first kappa shape index (κ1) is 95.1. The molecule has 0 fully saturated rings. The van der Waals surface area contributed by atoms with E-state index in [4.69, 9.17) is 37.0 Å². The summed E-state index contributed by atoms with van der Waals surface area (Å²) in [4.78, 5) is 72.7. The molecule has 0 radical (unpaired) electrons. The Bertz CT molecular complexity index is 1870. The van der Waals surface area contributed by atoms with E-state index in [0.29, 0.717) is 25.7 Å². The molecule has 0 aliphatic carbocycles. The van der Waals surface area contributed by atoms with Crippen molar-refractivity contribution < 1.29 is 80.2 Å². The predicted octanol–water partition coefficient (Wildman–Crippen LogP) is 23.1. The van der Waals surface area contributed by atoms with Gasteiger partial charge in [0, 0.05) is 25.7 Å². The van der Waals surface area contributed by atoms with Gasteiger partial charge in [0.1, 0.15) is 19.3 Å². The van der Waals surface area contributed by atoms with Gasteiger partial charge in [-0.25, -0.2) is 9.13 Å². The molecule has 17 nitrogen and oxygen atoms in total. The quantitative estimate of drug-likeness (QED) is 0.0222. The van der Waals surface area contributed by atoms with Crippen molar-refractivity contribution in [2.75, 3.05) is 39.6 Å². The molecule has 0 rings (SSSR count). The number of phosphoric acid groups is 2. The Morgan fingerprint density at radius 2 is 0.474 bits per heavy atom. The maximum absolute atomic E-state index is 13.1. The van der Waals surface area contributed by atoms with Crippen LogP contribution in [-0.4, -0.2) is 96.7 Å². The molecule has 0 spiro atoms. The maximum Gasteiger partial charge on any atom is 0.472 e. The fraction of sp³-hybridized carbons (Fsp3) is 0.949. The van der Waals surface area contributed by atoms with Gasteiger partial charge >= 0.3 is 39.5 Å². The minimum Gasteiger partial charge on any atom is -0.462 e. The van der Waals surface area contributed by atoms with Crippen molar-refractivity contribution >= 4 is 39.5 Å². The van der Waals surface area contributed by atoms with Crippen LogP contribution in [0.5, 0.6) is 0 Å².